The van der Waals surface area contributed by atoms with Crippen LogP contribution in [0.2, 0.25) is 0 Å². The third-order valence-electron chi connectivity index (χ3n) is 5.16. The van der Waals surface area contributed by atoms with Gasteiger partial charge in [0.15, 0.2) is 17.4 Å². The van der Waals surface area contributed by atoms with E-state index in [9.17, 15) is 0 Å². The second kappa shape index (κ2) is 9.49. The molecule has 8 heteroatoms. The van der Waals surface area contributed by atoms with Crippen LogP contribution < -0.4 is 10.6 Å². The minimum absolute atomic E-state index is 0.257. The van der Waals surface area contributed by atoms with Gasteiger partial charge in [-0.05, 0) is 17.7 Å². The molecule has 1 saturated heterocycles. The van der Waals surface area contributed by atoms with Crippen molar-refractivity contribution in [3.05, 3.63) is 66.1 Å². The number of aliphatic imine (C=N–C) groups is 1. The Morgan fingerprint density at radius 1 is 1.07 bits per heavy atom. The SMILES string of the molecule is CN=C(NCc1nnc2ccccn12)NCC(c1ccccc1)N1CCOCC1. The van der Waals surface area contributed by atoms with Crippen molar-refractivity contribution in [2.45, 2.75) is 12.6 Å². The standard InChI is InChI=1S/C21H27N7O/c1-22-21(24-16-20-26-25-19-9-5-6-10-28(19)20)23-15-18(17-7-3-2-4-8-17)27-11-13-29-14-12-27/h2-10,18H,11-16H2,1H3,(H2,22,23,24). The van der Waals surface area contributed by atoms with E-state index in [-0.39, 0.29) is 6.04 Å². The summed E-state index contributed by atoms with van der Waals surface area (Å²) in [6.45, 7) is 4.70. The van der Waals surface area contributed by atoms with Gasteiger partial charge in [0.2, 0.25) is 0 Å². The largest absolute Gasteiger partial charge is 0.379 e. The number of morpholine rings is 1. The molecule has 2 N–H and O–H groups in total. The molecule has 3 aromatic rings. The Balaban J connectivity index is 1.40. The van der Waals surface area contributed by atoms with E-state index in [1.165, 1.54) is 5.56 Å². The Labute approximate surface area is 170 Å². The lowest BCUT2D eigenvalue weighted by atomic mass is 10.0. The summed E-state index contributed by atoms with van der Waals surface area (Å²) in [4.78, 5) is 6.84. The van der Waals surface area contributed by atoms with E-state index in [1.807, 2.05) is 28.8 Å². The van der Waals surface area contributed by atoms with Crippen molar-refractivity contribution in [2.75, 3.05) is 39.9 Å². The monoisotopic (exact) mass is 393 g/mol. The molecule has 152 valence electrons. The molecule has 2 aromatic heterocycles. The van der Waals surface area contributed by atoms with Gasteiger partial charge in [0.25, 0.3) is 0 Å². The van der Waals surface area contributed by atoms with Gasteiger partial charge in [-0.1, -0.05) is 36.4 Å². The van der Waals surface area contributed by atoms with E-state index < -0.39 is 0 Å². The van der Waals surface area contributed by atoms with Crippen molar-refractivity contribution in [2.24, 2.45) is 4.99 Å². The van der Waals surface area contributed by atoms with Crippen LogP contribution in [0.3, 0.4) is 0 Å². The van der Waals surface area contributed by atoms with E-state index in [0.29, 0.717) is 6.54 Å². The number of guanidine groups is 1. The van der Waals surface area contributed by atoms with Gasteiger partial charge in [0.05, 0.1) is 25.8 Å². The van der Waals surface area contributed by atoms with Gasteiger partial charge in [-0.15, -0.1) is 10.2 Å². The van der Waals surface area contributed by atoms with Gasteiger partial charge in [0.1, 0.15) is 0 Å². The highest BCUT2D eigenvalue weighted by molar-refractivity contribution is 5.79. The zero-order chi connectivity index (χ0) is 19.9. The minimum atomic E-state index is 0.257. The maximum absolute atomic E-state index is 5.53. The van der Waals surface area contributed by atoms with E-state index >= 15 is 0 Å². The van der Waals surface area contributed by atoms with E-state index in [0.717, 1.165) is 50.3 Å². The first kappa shape index (κ1) is 19.4. The van der Waals surface area contributed by atoms with Crippen molar-refractivity contribution in [1.29, 1.82) is 0 Å². The predicted molar refractivity (Wildman–Crippen MR) is 113 cm³/mol. The number of benzene rings is 1. The van der Waals surface area contributed by atoms with Crippen LogP contribution in [0, 0.1) is 0 Å². The zero-order valence-electron chi connectivity index (χ0n) is 16.7. The molecule has 1 aromatic carbocycles. The summed E-state index contributed by atoms with van der Waals surface area (Å²) < 4.78 is 7.51. The highest BCUT2D eigenvalue weighted by Gasteiger charge is 2.22. The fourth-order valence-electron chi connectivity index (χ4n) is 3.61. The first-order valence-corrected chi connectivity index (χ1v) is 9.95. The number of fused-ring (bicyclic) bond motifs is 1. The molecule has 0 saturated carbocycles. The molecule has 0 amide bonds. The Bertz CT molecular complexity index is 934. The summed E-state index contributed by atoms with van der Waals surface area (Å²) in [6, 6.07) is 16.7. The van der Waals surface area contributed by atoms with E-state index in [1.54, 1.807) is 7.05 Å². The molecule has 0 bridgehead atoms. The molecule has 4 rings (SSSR count). The molecule has 1 atom stereocenters. The van der Waals surface area contributed by atoms with Crippen LogP contribution >= 0.6 is 0 Å². The maximum atomic E-state index is 5.53. The second-order valence-electron chi connectivity index (χ2n) is 6.93. The topological polar surface area (TPSA) is 79.1 Å². The Kier molecular flexibility index (Phi) is 6.33. The number of pyridine rings is 1. The average Bonchev–Trinajstić information content (AvgIpc) is 3.21. The average molecular weight is 393 g/mol. The van der Waals surface area contributed by atoms with Crippen LogP contribution in [0.25, 0.3) is 5.65 Å². The van der Waals surface area contributed by atoms with Crippen molar-refractivity contribution in [3.8, 4) is 0 Å². The van der Waals surface area contributed by atoms with Crippen molar-refractivity contribution >= 4 is 11.6 Å². The second-order valence-corrected chi connectivity index (χ2v) is 6.93. The number of nitrogens with one attached hydrogen (secondary N) is 2. The molecule has 1 aliphatic heterocycles. The first-order chi connectivity index (χ1) is 14.3. The van der Waals surface area contributed by atoms with Gasteiger partial charge in [-0.2, -0.15) is 0 Å². The summed E-state index contributed by atoms with van der Waals surface area (Å²) in [5.74, 6) is 1.59. The maximum Gasteiger partial charge on any atom is 0.191 e. The van der Waals surface area contributed by atoms with Crippen LogP contribution in [0.5, 0.6) is 0 Å². The molecule has 0 aliphatic carbocycles. The van der Waals surface area contributed by atoms with Gasteiger partial charge >= 0.3 is 0 Å². The van der Waals surface area contributed by atoms with Crippen LogP contribution in [-0.4, -0.2) is 65.4 Å². The van der Waals surface area contributed by atoms with Crippen LogP contribution in [0.1, 0.15) is 17.4 Å². The first-order valence-electron chi connectivity index (χ1n) is 9.95. The normalized spacial score (nSPS) is 16.7. The van der Waals surface area contributed by atoms with Crippen LogP contribution in [0.15, 0.2) is 59.7 Å². The summed E-state index contributed by atoms with van der Waals surface area (Å²) in [5, 5.41) is 15.3. The zero-order valence-corrected chi connectivity index (χ0v) is 16.7. The molecule has 1 fully saturated rings. The lowest BCUT2D eigenvalue weighted by Crippen LogP contribution is -2.46. The highest BCUT2D eigenvalue weighted by atomic mass is 16.5. The Morgan fingerprint density at radius 2 is 1.86 bits per heavy atom. The Morgan fingerprint density at radius 3 is 2.66 bits per heavy atom. The molecular formula is C21H27N7O. The smallest absolute Gasteiger partial charge is 0.191 e. The van der Waals surface area contributed by atoms with Crippen LogP contribution in [-0.2, 0) is 11.3 Å². The third kappa shape index (κ3) is 4.72. The molecule has 8 nitrogen and oxygen atoms in total. The predicted octanol–water partition coefficient (Wildman–Crippen LogP) is 1.47. The molecule has 29 heavy (non-hydrogen) atoms. The quantitative estimate of drug-likeness (QED) is 0.488. The lowest BCUT2D eigenvalue weighted by molar-refractivity contribution is 0.0170. The summed E-state index contributed by atoms with van der Waals surface area (Å²) in [6.07, 6.45) is 1.96. The fourth-order valence-corrected chi connectivity index (χ4v) is 3.61. The highest BCUT2D eigenvalue weighted by Crippen LogP contribution is 2.21. The number of aromatic nitrogens is 3. The summed E-state index contributed by atoms with van der Waals surface area (Å²) in [7, 11) is 1.78. The number of hydrogen-bond donors (Lipinski definition) is 2. The van der Waals surface area contributed by atoms with Crippen molar-refractivity contribution < 1.29 is 4.74 Å². The summed E-state index contributed by atoms with van der Waals surface area (Å²) in [5.41, 5.74) is 2.13. The minimum Gasteiger partial charge on any atom is -0.379 e. The number of rotatable bonds is 6. The molecular weight excluding hydrogens is 366 g/mol. The number of nitrogens with zero attached hydrogens (tertiary/aromatic N) is 5. The van der Waals surface area contributed by atoms with E-state index in [2.05, 4.69) is 61.1 Å². The van der Waals surface area contributed by atoms with Gasteiger partial charge in [-0.25, -0.2) is 0 Å². The van der Waals surface area contributed by atoms with Crippen molar-refractivity contribution in [3.63, 3.8) is 0 Å². The van der Waals surface area contributed by atoms with Crippen molar-refractivity contribution in [1.82, 2.24) is 30.1 Å². The molecule has 3 heterocycles. The van der Waals surface area contributed by atoms with Gasteiger partial charge in [0, 0.05) is 32.9 Å². The molecule has 1 aliphatic rings. The van der Waals surface area contributed by atoms with E-state index in [4.69, 9.17) is 4.74 Å². The lowest BCUT2D eigenvalue weighted by Gasteiger charge is -2.35. The van der Waals surface area contributed by atoms with Gasteiger partial charge < -0.3 is 15.4 Å². The van der Waals surface area contributed by atoms with Crippen LogP contribution in [0.4, 0.5) is 0 Å². The fraction of sp³-hybridized carbons (Fsp3) is 0.381. The summed E-state index contributed by atoms with van der Waals surface area (Å²) >= 11 is 0. The molecule has 1 unspecified atom stereocenters. The Hall–Kier alpha value is -2.97. The van der Waals surface area contributed by atoms with Gasteiger partial charge in [-0.3, -0.25) is 14.3 Å². The molecule has 0 radical (unpaired) electrons. The molecule has 0 spiro atoms. The third-order valence-corrected chi connectivity index (χ3v) is 5.16. The number of ether oxygens (including phenoxy) is 1. The number of hydrogen-bond acceptors (Lipinski definition) is 5.